The van der Waals surface area contributed by atoms with Crippen molar-refractivity contribution in [3.63, 3.8) is 0 Å². The number of carbonyl (C=O) groups is 1. The van der Waals surface area contributed by atoms with Gasteiger partial charge in [-0.15, -0.1) is 11.3 Å². The van der Waals surface area contributed by atoms with E-state index in [9.17, 15) is 10.1 Å². The Hall–Kier alpha value is -2.69. The fourth-order valence-corrected chi connectivity index (χ4v) is 4.87. The van der Waals surface area contributed by atoms with Crippen LogP contribution in [0.4, 0.5) is 5.13 Å². The maximum absolute atomic E-state index is 12.6. The number of amides is 1. The highest BCUT2D eigenvalue weighted by atomic mass is 35.5. The van der Waals surface area contributed by atoms with Crippen molar-refractivity contribution in [2.24, 2.45) is 0 Å². The van der Waals surface area contributed by atoms with Gasteiger partial charge in [0, 0.05) is 41.0 Å². The van der Waals surface area contributed by atoms with Crippen LogP contribution in [-0.4, -0.2) is 22.3 Å². The Labute approximate surface area is 194 Å². The van der Waals surface area contributed by atoms with E-state index in [2.05, 4.69) is 27.3 Å². The van der Waals surface area contributed by atoms with Gasteiger partial charge in [-0.05, 0) is 29.3 Å². The van der Waals surface area contributed by atoms with E-state index in [1.807, 2.05) is 24.3 Å². The van der Waals surface area contributed by atoms with Gasteiger partial charge in [0.05, 0.1) is 5.69 Å². The molecule has 31 heavy (non-hydrogen) atoms. The number of aromatic nitrogens is 1. The number of anilines is 1. The van der Waals surface area contributed by atoms with Crippen LogP contribution in [0, 0.1) is 11.3 Å². The van der Waals surface area contributed by atoms with Gasteiger partial charge in [-0.3, -0.25) is 15.0 Å². The van der Waals surface area contributed by atoms with Crippen molar-refractivity contribution in [1.29, 1.82) is 5.26 Å². The highest BCUT2D eigenvalue weighted by Crippen LogP contribution is 2.29. The first-order valence-corrected chi connectivity index (χ1v) is 11.2. The monoisotopic (exact) mass is 468 g/mol. The summed E-state index contributed by atoms with van der Waals surface area (Å²) in [5.41, 5.74) is 2.78. The highest BCUT2D eigenvalue weighted by Gasteiger charge is 2.22. The smallest absolute Gasteiger partial charge is 0.268 e. The summed E-state index contributed by atoms with van der Waals surface area (Å²) in [6.45, 7) is 2.58. The van der Waals surface area contributed by atoms with Crippen molar-refractivity contribution in [3.05, 3.63) is 85.8 Å². The van der Waals surface area contributed by atoms with Crippen LogP contribution in [0.1, 0.15) is 21.7 Å². The Kier molecular flexibility index (Phi) is 6.69. The molecule has 1 amide bonds. The molecule has 156 valence electrons. The van der Waals surface area contributed by atoms with Crippen molar-refractivity contribution in [2.45, 2.75) is 19.5 Å². The maximum Gasteiger partial charge on any atom is 0.268 e. The summed E-state index contributed by atoms with van der Waals surface area (Å²) in [7, 11) is 0. The fraction of sp³-hybridized carbons (Fsp3) is 0.174. The van der Waals surface area contributed by atoms with Crippen LogP contribution in [0.15, 0.2) is 54.1 Å². The standard InChI is InChI=1S/C23H18Cl2N4OS/c24-18-7-6-16(19(25)11-18)10-17(12-26)22(30)28-23-27-20-8-9-29(14-21(20)31-23)13-15-4-2-1-3-5-15/h1-7,10-11H,8-9,13-14H2,(H,27,28,30)/b17-10+. The molecule has 0 atom stereocenters. The van der Waals surface area contributed by atoms with E-state index in [1.54, 1.807) is 18.2 Å². The molecule has 2 heterocycles. The second-order valence-corrected chi connectivity index (χ2v) is 9.05. The van der Waals surface area contributed by atoms with E-state index in [0.717, 1.165) is 36.6 Å². The lowest BCUT2D eigenvalue weighted by Crippen LogP contribution is -2.29. The number of halogens is 2. The Morgan fingerprint density at radius 2 is 2.06 bits per heavy atom. The zero-order valence-electron chi connectivity index (χ0n) is 16.4. The number of hydrogen-bond acceptors (Lipinski definition) is 5. The highest BCUT2D eigenvalue weighted by molar-refractivity contribution is 7.15. The van der Waals surface area contributed by atoms with Crippen LogP contribution in [0.3, 0.4) is 0 Å². The molecular weight excluding hydrogens is 451 g/mol. The van der Waals surface area contributed by atoms with Gasteiger partial charge in [-0.2, -0.15) is 5.26 Å². The lowest BCUT2D eigenvalue weighted by Gasteiger charge is -2.25. The van der Waals surface area contributed by atoms with E-state index >= 15 is 0 Å². The first-order chi connectivity index (χ1) is 15.0. The lowest BCUT2D eigenvalue weighted by molar-refractivity contribution is -0.112. The van der Waals surface area contributed by atoms with Gasteiger partial charge in [-0.25, -0.2) is 4.98 Å². The quantitative estimate of drug-likeness (QED) is 0.393. The molecule has 1 aliphatic rings. The molecule has 1 N–H and O–H groups in total. The number of nitriles is 1. The molecule has 5 nitrogen and oxygen atoms in total. The molecule has 1 aromatic heterocycles. The number of carbonyl (C=O) groups excluding carboxylic acids is 1. The summed E-state index contributed by atoms with van der Waals surface area (Å²) in [6, 6.07) is 17.2. The van der Waals surface area contributed by atoms with Gasteiger partial charge < -0.3 is 0 Å². The van der Waals surface area contributed by atoms with E-state index < -0.39 is 5.91 Å². The second-order valence-electron chi connectivity index (χ2n) is 7.12. The maximum atomic E-state index is 12.6. The molecule has 0 aliphatic carbocycles. The van der Waals surface area contributed by atoms with Crippen LogP contribution in [0.5, 0.6) is 0 Å². The van der Waals surface area contributed by atoms with Gasteiger partial charge in [0.25, 0.3) is 5.91 Å². The van der Waals surface area contributed by atoms with Crippen LogP contribution in [-0.2, 0) is 24.3 Å². The Morgan fingerprint density at radius 1 is 1.26 bits per heavy atom. The molecular formula is C23H18Cl2N4OS. The van der Waals surface area contributed by atoms with Crippen LogP contribution in [0.25, 0.3) is 6.08 Å². The predicted octanol–water partition coefficient (Wildman–Crippen LogP) is 5.55. The molecule has 4 rings (SSSR count). The van der Waals surface area contributed by atoms with Crippen LogP contribution < -0.4 is 5.32 Å². The third kappa shape index (κ3) is 5.33. The van der Waals surface area contributed by atoms with Crippen LogP contribution in [0.2, 0.25) is 10.0 Å². The van der Waals surface area contributed by atoms with E-state index in [1.165, 1.54) is 23.0 Å². The minimum absolute atomic E-state index is 0.0527. The third-order valence-corrected chi connectivity index (χ3v) is 6.47. The van der Waals surface area contributed by atoms with Gasteiger partial charge in [0.1, 0.15) is 11.6 Å². The molecule has 2 aromatic carbocycles. The molecule has 0 radical (unpaired) electrons. The molecule has 1 aliphatic heterocycles. The van der Waals surface area contributed by atoms with Crippen molar-refractivity contribution in [2.75, 3.05) is 11.9 Å². The normalized spacial score (nSPS) is 14.0. The number of thiazole rings is 1. The molecule has 8 heteroatoms. The molecule has 0 saturated heterocycles. The van der Waals surface area contributed by atoms with Crippen molar-refractivity contribution >= 4 is 51.7 Å². The fourth-order valence-electron chi connectivity index (χ4n) is 3.37. The van der Waals surface area contributed by atoms with Gasteiger partial charge >= 0.3 is 0 Å². The minimum Gasteiger partial charge on any atom is -0.297 e. The van der Waals surface area contributed by atoms with Gasteiger partial charge in [-0.1, -0.05) is 59.6 Å². The molecule has 0 unspecified atom stereocenters. The number of benzene rings is 2. The Morgan fingerprint density at radius 3 is 2.81 bits per heavy atom. The summed E-state index contributed by atoms with van der Waals surface area (Å²) < 4.78 is 0. The van der Waals surface area contributed by atoms with E-state index in [4.69, 9.17) is 23.2 Å². The van der Waals surface area contributed by atoms with Crippen molar-refractivity contribution in [3.8, 4) is 6.07 Å². The molecule has 0 saturated carbocycles. The summed E-state index contributed by atoms with van der Waals surface area (Å²) in [5.74, 6) is -0.513. The minimum atomic E-state index is -0.513. The molecule has 0 fully saturated rings. The second kappa shape index (κ2) is 9.63. The van der Waals surface area contributed by atoms with Gasteiger partial charge in [0.2, 0.25) is 0 Å². The SMILES string of the molecule is N#C/C(=C\c1ccc(Cl)cc1Cl)C(=O)Nc1nc2c(s1)CN(Cc1ccccc1)CC2. The average Bonchev–Trinajstić information content (AvgIpc) is 3.15. The number of hydrogen-bond donors (Lipinski definition) is 1. The summed E-state index contributed by atoms with van der Waals surface area (Å²) >= 11 is 13.5. The van der Waals surface area contributed by atoms with Crippen molar-refractivity contribution < 1.29 is 4.79 Å². The van der Waals surface area contributed by atoms with E-state index in [-0.39, 0.29) is 5.57 Å². The van der Waals surface area contributed by atoms with Crippen molar-refractivity contribution in [1.82, 2.24) is 9.88 Å². The first kappa shape index (κ1) is 21.5. The largest absolute Gasteiger partial charge is 0.297 e. The molecule has 3 aromatic rings. The van der Waals surface area contributed by atoms with Gasteiger partial charge in [0.15, 0.2) is 5.13 Å². The zero-order valence-corrected chi connectivity index (χ0v) is 18.8. The number of nitrogens with zero attached hydrogens (tertiary/aromatic N) is 3. The summed E-state index contributed by atoms with van der Waals surface area (Å²) in [6.07, 6.45) is 2.28. The zero-order chi connectivity index (χ0) is 21.8. The summed E-state index contributed by atoms with van der Waals surface area (Å²) in [5, 5.41) is 13.6. The van der Waals surface area contributed by atoms with E-state index in [0.29, 0.717) is 20.7 Å². The van der Waals surface area contributed by atoms with Crippen LogP contribution >= 0.6 is 34.5 Å². The first-order valence-electron chi connectivity index (χ1n) is 9.65. The third-order valence-electron chi connectivity index (χ3n) is 4.91. The Balaban J connectivity index is 1.45. The average molecular weight is 469 g/mol. The number of fused-ring (bicyclic) bond motifs is 1. The topological polar surface area (TPSA) is 69.0 Å². The summed E-state index contributed by atoms with van der Waals surface area (Å²) in [4.78, 5) is 20.7. The number of rotatable bonds is 5. The Bertz CT molecular complexity index is 1180. The predicted molar refractivity (Wildman–Crippen MR) is 125 cm³/mol. The molecule has 0 spiro atoms. The lowest BCUT2D eigenvalue weighted by atomic mass is 10.1. The number of nitrogens with one attached hydrogen (secondary N) is 1. The molecule has 0 bridgehead atoms.